The van der Waals surface area contributed by atoms with Crippen LogP contribution in [0.1, 0.15) is 49.1 Å². The summed E-state index contributed by atoms with van der Waals surface area (Å²) in [5.74, 6) is -5.60. The number of rotatable bonds is 9. The van der Waals surface area contributed by atoms with Crippen LogP contribution in [0, 0.1) is 11.7 Å². The van der Waals surface area contributed by atoms with E-state index in [4.69, 9.17) is 11.6 Å². The van der Waals surface area contributed by atoms with Crippen LogP contribution in [0.2, 0.25) is 5.02 Å². The van der Waals surface area contributed by atoms with Crippen LogP contribution in [0.3, 0.4) is 0 Å². The van der Waals surface area contributed by atoms with Crippen molar-refractivity contribution in [2.75, 3.05) is 31.2 Å². The molecule has 9 nitrogen and oxygen atoms in total. The van der Waals surface area contributed by atoms with Gasteiger partial charge < -0.3 is 15.7 Å². The molecule has 3 aliphatic rings. The van der Waals surface area contributed by atoms with Gasteiger partial charge in [-0.1, -0.05) is 29.8 Å². The van der Waals surface area contributed by atoms with E-state index in [9.17, 15) is 32.6 Å². The van der Waals surface area contributed by atoms with Crippen molar-refractivity contribution in [2.45, 2.75) is 68.5 Å². The number of carboxylic acid groups (broad SMARTS) is 1. The maximum Gasteiger partial charge on any atom is 0.407 e. The van der Waals surface area contributed by atoms with E-state index in [2.05, 4.69) is 10.6 Å². The zero-order chi connectivity index (χ0) is 31.8. The Bertz CT molecular complexity index is 1360. The van der Waals surface area contributed by atoms with Gasteiger partial charge >= 0.3 is 6.09 Å². The van der Waals surface area contributed by atoms with Crippen molar-refractivity contribution in [2.24, 2.45) is 5.92 Å². The summed E-state index contributed by atoms with van der Waals surface area (Å²) in [5.41, 5.74) is 0.808. The van der Waals surface area contributed by atoms with Gasteiger partial charge in [0.05, 0.1) is 5.75 Å². The second kappa shape index (κ2) is 13.1. The van der Waals surface area contributed by atoms with Crippen LogP contribution in [0.15, 0.2) is 42.5 Å². The molecule has 1 saturated carbocycles. The van der Waals surface area contributed by atoms with Crippen LogP contribution in [0.4, 0.5) is 23.7 Å². The van der Waals surface area contributed by atoms with Crippen molar-refractivity contribution in [3.8, 4) is 0 Å². The summed E-state index contributed by atoms with van der Waals surface area (Å²) >= 11 is 6.05. The van der Waals surface area contributed by atoms with E-state index in [-0.39, 0.29) is 35.5 Å². The normalized spacial score (nSPS) is 26.4. The van der Waals surface area contributed by atoms with Crippen LogP contribution in [-0.4, -0.2) is 85.4 Å². The maximum absolute atomic E-state index is 15.3. The molecular formula is C30H38ClF3N4O5S. The number of hydrogen-bond donors (Lipinski definition) is 5. The number of likely N-dealkylation sites (N-methyl/N-ethyl adjacent to an activating group) is 1. The van der Waals surface area contributed by atoms with Gasteiger partial charge in [0.15, 0.2) is 0 Å². The van der Waals surface area contributed by atoms with Gasteiger partial charge in [0, 0.05) is 67.3 Å². The lowest BCUT2D eigenvalue weighted by Gasteiger charge is -2.49. The molecule has 0 radical (unpaired) electrons. The second-order valence-electron chi connectivity index (χ2n) is 12.1. The van der Waals surface area contributed by atoms with Crippen molar-refractivity contribution >= 4 is 40.1 Å². The first-order chi connectivity index (χ1) is 20.8. The smallest absolute Gasteiger partial charge is 0.407 e. The highest BCUT2D eigenvalue weighted by Gasteiger charge is 2.53. The molecule has 2 heterocycles. The Labute approximate surface area is 261 Å². The molecule has 1 aliphatic carbocycles. The number of anilines is 1. The Morgan fingerprint density at radius 3 is 2.57 bits per heavy atom. The number of carbonyl (C=O) groups is 2. The van der Waals surface area contributed by atoms with E-state index >= 15 is 4.39 Å². The van der Waals surface area contributed by atoms with Crippen LogP contribution in [0.5, 0.6) is 0 Å². The van der Waals surface area contributed by atoms with E-state index < -0.39 is 65.2 Å². The van der Waals surface area contributed by atoms with E-state index in [1.165, 1.54) is 25.2 Å². The second-order valence-corrected chi connectivity index (χ2v) is 14.6. The quantitative estimate of drug-likeness (QED) is 0.215. The molecule has 5 atom stereocenters. The average Bonchev–Trinajstić information content (AvgIpc) is 3.06. The Kier molecular flexibility index (Phi) is 9.74. The van der Waals surface area contributed by atoms with Crippen LogP contribution in [0.25, 0.3) is 0 Å². The molecule has 3 unspecified atom stereocenters. The van der Waals surface area contributed by atoms with E-state index in [1.807, 2.05) is 0 Å². The first-order valence-corrected chi connectivity index (χ1v) is 16.7. The fraction of sp³-hybridized carbons (Fsp3) is 0.533. The largest absolute Gasteiger partial charge is 0.465 e. The third-order valence-corrected chi connectivity index (χ3v) is 11.4. The molecule has 0 spiro atoms. The minimum absolute atomic E-state index is 0.136. The van der Waals surface area contributed by atoms with E-state index in [0.29, 0.717) is 36.5 Å². The molecule has 2 amide bonds. The minimum atomic E-state index is -2.96. The zero-order valence-electron chi connectivity index (χ0n) is 24.3. The Balaban J connectivity index is 1.41. The van der Waals surface area contributed by atoms with Crippen molar-refractivity contribution in [3.05, 3.63) is 64.4 Å². The van der Waals surface area contributed by atoms with Crippen molar-refractivity contribution in [1.29, 1.82) is 0 Å². The van der Waals surface area contributed by atoms with E-state index in [0.717, 1.165) is 11.3 Å². The third-order valence-electron chi connectivity index (χ3n) is 9.11. The van der Waals surface area contributed by atoms with Gasteiger partial charge in [-0.05, 0) is 61.4 Å². The predicted octanol–water partition coefficient (Wildman–Crippen LogP) is 6.26. The molecule has 2 aromatic rings. The monoisotopic (exact) mass is 658 g/mol. The van der Waals surface area contributed by atoms with Gasteiger partial charge in [-0.25, -0.2) is 22.3 Å². The number of halogens is 4. The molecule has 14 heteroatoms. The summed E-state index contributed by atoms with van der Waals surface area (Å²) in [4.78, 5) is 26.9. The number of alkyl halides is 2. The summed E-state index contributed by atoms with van der Waals surface area (Å²) < 4.78 is 66.7. The summed E-state index contributed by atoms with van der Waals surface area (Å²) in [5, 5.41) is 16.5. The predicted molar refractivity (Wildman–Crippen MR) is 164 cm³/mol. The van der Waals surface area contributed by atoms with Crippen LogP contribution in [-0.2, 0) is 11.2 Å². The highest BCUT2D eigenvalue weighted by molar-refractivity contribution is 8.22. The summed E-state index contributed by atoms with van der Waals surface area (Å²) in [6.45, 7) is 0.973. The molecule has 2 aromatic carbocycles. The number of hydrogen-bond acceptors (Lipinski definition) is 6. The summed E-state index contributed by atoms with van der Waals surface area (Å²) in [6.07, 6.45) is -0.390. The Morgan fingerprint density at radius 1 is 1.20 bits per heavy atom. The van der Waals surface area contributed by atoms with Gasteiger partial charge in [0.25, 0.3) is 0 Å². The van der Waals surface area contributed by atoms with Crippen LogP contribution >= 0.6 is 22.4 Å². The van der Waals surface area contributed by atoms with Gasteiger partial charge in [-0.3, -0.25) is 18.8 Å². The third kappa shape index (κ3) is 7.13. The van der Waals surface area contributed by atoms with Crippen molar-refractivity contribution < 1.29 is 37.0 Å². The highest BCUT2D eigenvalue weighted by Crippen LogP contribution is 2.51. The first-order valence-electron chi connectivity index (χ1n) is 14.7. The number of fused-ring (bicyclic) bond motifs is 2. The number of amides is 2. The SMILES string of the molecule is CN(C(=O)O)[C@H](C(=O)Nc1cccc(F)c1CCC1CNC2CCCS(O)(O)N1C2)[C@@H](c1ccc(Cl)cc1)C1CC(F)(F)C1. The number of nitrogens with zero attached hydrogens (tertiary/aromatic N) is 2. The van der Waals surface area contributed by atoms with Gasteiger partial charge in [0.1, 0.15) is 11.9 Å². The number of benzene rings is 2. The fourth-order valence-corrected chi connectivity index (χ4v) is 8.77. The standard InChI is InChI=1S/C30H38ClF3N4O5S/c1-37(29(40)41)27(26(19-14-30(33,34)15-19)18-7-9-20(31)10-8-18)28(39)36-25-6-2-5-24(32)23(25)12-11-22-16-35-21-4-3-13-44(42,43)38(22)17-21/h2,5-10,19,21-22,26-27,35,42-43H,3-4,11-17H2,1H3,(H,36,39)(H,40,41)/t21?,22?,26-,27-/m0/s1. The molecule has 242 valence electrons. The molecule has 44 heavy (non-hydrogen) atoms. The zero-order valence-corrected chi connectivity index (χ0v) is 25.8. The van der Waals surface area contributed by atoms with Crippen molar-refractivity contribution in [3.63, 3.8) is 0 Å². The molecule has 2 bridgehead atoms. The van der Waals surface area contributed by atoms with Crippen molar-refractivity contribution in [1.82, 2.24) is 14.5 Å². The van der Waals surface area contributed by atoms with Gasteiger partial charge in [-0.15, -0.1) is 10.8 Å². The molecule has 5 N–H and O–H groups in total. The Morgan fingerprint density at radius 2 is 1.91 bits per heavy atom. The molecular weight excluding hydrogens is 621 g/mol. The van der Waals surface area contributed by atoms with Gasteiger partial charge in [0.2, 0.25) is 11.8 Å². The van der Waals surface area contributed by atoms with Gasteiger partial charge in [-0.2, -0.15) is 0 Å². The molecule has 5 rings (SSSR count). The Hall–Kier alpha value is -2.55. The number of nitrogens with one attached hydrogen (secondary N) is 2. The lowest BCUT2D eigenvalue weighted by atomic mass is 9.67. The lowest BCUT2D eigenvalue weighted by Crippen LogP contribution is -2.55. The van der Waals surface area contributed by atoms with Crippen LogP contribution < -0.4 is 10.6 Å². The van der Waals surface area contributed by atoms with E-state index in [1.54, 1.807) is 28.6 Å². The minimum Gasteiger partial charge on any atom is -0.465 e. The summed E-state index contributed by atoms with van der Waals surface area (Å²) in [6, 6.07) is 8.97. The summed E-state index contributed by atoms with van der Waals surface area (Å²) in [7, 11) is -1.75. The highest BCUT2D eigenvalue weighted by atomic mass is 35.5. The number of piperazine rings is 1. The molecule has 0 aromatic heterocycles. The fourth-order valence-electron chi connectivity index (χ4n) is 6.78. The molecule has 2 aliphatic heterocycles. The molecule has 2 saturated heterocycles. The average molecular weight is 659 g/mol. The first kappa shape index (κ1) is 32.8. The number of carbonyl (C=O) groups excluding carboxylic acids is 1. The topological polar surface area (TPSA) is 125 Å². The maximum atomic E-state index is 15.3. The molecule has 3 fully saturated rings. The lowest BCUT2D eigenvalue weighted by molar-refractivity contribution is -0.134.